The fraction of sp³-hybridized carbons (Fsp3) is 0.250. The summed E-state index contributed by atoms with van der Waals surface area (Å²) in [7, 11) is 0. The van der Waals surface area contributed by atoms with Gasteiger partial charge in [-0.15, -0.1) is 9.81 Å². The van der Waals surface area contributed by atoms with Crippen molar-refractivity contribution in [2.45, 2.75) is 13.5 Å². The monoisotopic (exact) mass is 180 g/mol. The first-order valence-corrected chi connectivity index (χ1v) is 3.64. The molecule has 0 aromatic heterocycles. The summed E-state index contributed by atoms with van der Waals surface area (Å²) in [5.41, 5.74) is 1.09. The van der Waals surface area contributed by atoms with Gasteiger partial charge in [0, 0.05) is 0 Å². The van der Waals surface area contributed by atoms with E-state index in [0.717, 1.165) is 0 Å². The highest BCUT2D eigenvalue weighted by molar-refractivity contribution is 5.66. The Morgan fingerprint density at radius 2 is 2.00 bits per heavy atom. The predicted octanol–water partition coefficient (Wildman–Crippen LogP) is 2.28. The van der Waals surface area contributed by atoms with E-state index in [-0.39, 0.29) is 18.0 Å². The third kappa shape index (κ3) is 1.75. The first-order chi connectivity index (χ1) is 6.22. The van der Waals surface area contributed by atoms with Crippen LogP contribution >= 0.6 is 0 Å². The van der Waals surface area contributed by atoms with Gasteiger partial charge in [0.05, 0.1) is 6.61 Å². The van der Waals surface area contributed by atoms with Crippen molar-refractivity contribution < 1.29 is 5.11 Å². The van der Waals surface area contributed by atoms with Gasteiger partial charge in [0.2, 0.25) is 0 Å². The van der Waals surface area contributed by atoms with E-state index in [1.165, 1.54) is 6.07 Å². The number of aliphatic hydroxyl groups is 1. The molecule has 0 saturated carbocycles. The molecule has 1 N–H and O–H groups in total. The normalized spacial score (nSPS) is 9.69. The van der Waals surface area contributed by atoms with Crippen LogP contribution in [0.4, 0.5) is 11.4 Å². The van der Waals surface area contributed by atoms with E-state index in [0.29, 0.717) is 11.1 Å². The molecule has 0 amide bonds. The molecule has 0 aliphatic rings. The number of nitrogens with zero attached hydrogens (tertiary/aromatic N) is 2. The van der Waals surface area contributed by atoms with E-state index in [9.17, 15) is 9.81 Å². The number of benzene rings is 1. The molecule has 0 atom stereocenters. The van der Waals surface area contributed by atoms with Gasteiger partial charge in [0.1, 0.15) is 11.4 Å². The topological polar surface area (TPSA) is 79.1 Å². The molecule has 0 spiro atoms. The Hall–Kier alpha value is -1.62. The maximum Gasteiger partial charge on any atom is 0.140 e. The van der Waals surface area contributed by atoms with Crippen molar-refractivity contribution in [1.29, 1.82) is 0 Å². The molecule has 0 unspecified atom stereocenters. The van der Waals surface area contributed by atoms with E-state index in [4.69, 9.17) is 5.11 Å². The number of hydrogen-bond donors (Lipinski definition) is 1. The standard InChI is InChI=1S/C8H8N2O3/c1-5-2-6(4-11)3-7(9-12)8(5)10-13/h2-3,11H,4H2,1H3. The van der Waals surface area contributed by atoms with E-state index in [1.807, 2.05) is 0 Å². The van der Waals surface area contributed by atoms with Crippen LogP contribution < -0.4 is 0 Å². The highest BCUT2D eigenvalue weighted by Crippen LogP contribution is 2.32. The Morgan fingerprint density at radius 1 is 1.31 bits per heavy atom. The number of nitroso groups, excluding NO2 is 2. The predicted molar refractivity (Wildman–Crippen MR) is 48.0 cm³/mol. The van der Waals surface area contributed by atoms with Crippen LogP contribution in [0, 0.1) is 16.7 Å². The van der Waals surface area contributed by atoms with Crippen LogP contribution in [-0.4, -0.2) is 5.11 Å². The summed E-state index contributed by atoms with van der Waals surface area (Å²) < 4.78 is 0. The van der Waals surface area contributed by atoms with Crippen LogP contribution in [0.15, 0.2) is 22.5 Å². The molecule has 0 bridgehead atoms. The second-order valence-electron chi connectivity index (χ2n) is 2.62. The summed E-state index contributed by atoms with van der Waals surface area (Å²) in [6.07, 6.45) is 0. The fourth-order valence-corrected chi connectivity index (χ4v) is 1.11. The molecule has 1 aromatic carbocycles. The van der Waals surface area contributed by atoms with Crippen molar-refractivity contribution in [3.8, 4) is 0 Å². The van der Waals surface area contributed by atoms with Crippen LogP contribution in [0.5, 0.6) is 0 Å². The molecule has 0 aliphatic heterocycles. The Morgan fingerprint density at radius 3 is 2.46 bits per heavy atom. The zero-order valence-corrected chi connectivity index (χ0v) is 7.02. The van der Waals surface area contributed by atoms with E-state index in [2.05, 4.69) is 10.4 Å². The largest absolute Gasteiger partial charge is 0.392 e. The minimum Gasteiger partial charge on any atom is -0.392 e. The lowest BCUT2D eigenvalue weighted by Crippen LogP contribution is -1.85. The van der Waals surface area contributed by atoms with Crippen molar-refractivity contribution in [2.75, 3.05) is 0 Å². The summed E-state index contributed by atoms with van der Waals surface area (Å²) in [6, 6.07) is 2.93. The average Bonchev–Trinajstić information content (AvgIpc) is 2.16. The summed E-state index contributed by atoms with van der Waals surface area (Å²) >= 11 is 0. The maximum atomic E-state index is 10.3. The zero-order chi connectivity index (χ0) is 9.84. The van der Waals surface area contributed by atoms with E-state index >= 15 is 0 Å². The second-order valence-corrected chi connectivity index (χ2v) is 2.62. The zero-order valence-electron chi connectivity index (χ0n) is 7.02. The Kier molecular flexibility index (Phi) is 2.81. The van der Waals surface area contributed by atoms with Gasteiger partial charge >= 0.3 is 0 Å². The molecule has 13 heavy (non-hydrogen) atoms. The molecule has 1 aromatic rings. The van der Waals surface area contributed by atoms with Crippen molar-refractivity contribution in [1.82, 2.24) is 0 Å². The fourth-order valence-electron chi connectivity index (χ4n) is 1.11. The molecule has 0 aliphatic carbocycles. The first kappa shape index (κ1) is 9.47. The molecule has 0 fully saturated rings. The van der Waals surface area contributed by atoms with Crippen LogP contribution in [-0.2, 0) is 6.61 Å². The lowest BCUT2D eigenvalue weighted by molar-refractivity contribution is 0.282. The summed E-state index contributed by atoms with van der Waals surface area (Å²) in [5, 5.41) is 14.1. The molecular weight excluding hydrogens is 172 g/mol. The Balaban J connectivity index is 3.36. The minimum atomic E-state index is -0.192. The van der Waals surface area contributed by atoms with E-state index in [1.54, 1.807) is 13.0 Å². The Labute approximate surface area is 74.3 Å². The summed E-state index contributed by atoms with van der Waals surface area (Å²) in [5.74, 6) is 0. The van der Waals surface area contributed by atoms with Gasteiger partial charge in [-0.05, 0) is 34.5 Å². The van der Waals surface area contributed by atoms with E-state index < -0.39 is 0 Å². The first-order valence-electron chi connectivity index (χ1n) is 3.64. The number of hydrogen-bond acceptors (Lipinski definition) is 5. The lowest BCUT2D eigenvalue weighted by atomic mass is 10.1. The van der Waals surface area contributed by atoms with Crippen molar-refractivity contribution >= 4 is 11.4 Å². The number of rotatable bonds is 3. The third-order valence-electron chi connectivity index (χ3n) is 1.71. The molecule has 1 rings (SSSR count). The van der Waals surface area contributed by atoms with Gasteiger partial charge in [-0.25, -0.2) is 0 Å². The third-order valence-corrected chi connectivity index (χ3v) is 1.71. The molecule has 0 heterocycles. The lowest BCUT2D eigenvalue weighted by Gasteiger charge is -2.02. The van der Waals surface area contributed by atoms with Crippen LogP contribution in [0.25, 0.3) is 0 Å². The Bertz CT molecular complexity index is 349. The second kappa shape index (κ2) is 3.86. The minimum absolute atomic E-state index is 0.0287. The van der Waals surface area contributed by atoms with Crippen molar-refractivity contribution in [3.63, 3.8) is 0 Å². The van der Waals surface area contributed by atoms with Crippen molar-refractivity contribution in [3.05, 3.63) is 33.1 Å². The van der Waals surface area contributed by atoms with Gasteiger partial charge in [0.15, 0.2) is 0 Å². The summed E-state index contributed by atoms with van der Waals surface area (Å²) in [4.78, 5) is 20.6. The van der Waals surface area contributed by atoms with Gasteiger partial charge in [-0.2, -0.15) is 0 Å². The molecule has 0 saturated heterocycles. The van der Waals surface area contributed by atoms with Gasteiger partial charge in [0.25, 0.3) is 0 Å². The average molecular weight is 180 g/mol. The maximum absolute atomic E-state index is 10.3. The quantitative estimate of drug-likeness (QED) is 0.724. The van der Waals surface area contributed by atoms with Gasteiger partial charge in [-0.1, -0.05) is 6.07 Å². The summed E-state index contributed by atoms with van der Waals surface area (Å²) in [6.45, 7) is 1.44. The van der Waals surface area contributed by atoms with Crippen LogP contribution in [0.3, 0.4) is 0 Å². The highest BCUT2D eigenvalue weighted by Gasteiger charge is 2.08. The number of aryl methyl sites for hydroxylation is 1. The van der Waals surface area contributed by atoms with Gasteiger partial charge < -0.3 is 5.11 Å². The smallest absolute Gasteiger partial charge is 0.140 e. The van der Waals surface area contributed by atoms with Crippen LogP contribution in [0.1, 0.15) is 11.1 Å². The molecular formula is C8H8N2O3. The molecule has 0 radical (unpaired) electrons. The molecule has 5 heteroatoms. The SMILES string of the molecule is Cc1cc(CO)cc(N=O)c1N=O. The molecule has 68 valence electrons. The number of aliphatic hydroxyl groups excluding tert-OH is 1. The van der Waals surface area contributed by atoms with Crippen LogP contribution in [0.2, 0.25) is 0 Å². The van der Waals surface area contributed by atoms with Gasteiger partial charge in [-0.3, -0.25) is 0 Å². The molecule has 5 nitrogen and oxygen atoms in total. The van der Waals surface area contributed by atoms with Crippen molar-refractivity contribution in [2.24, 2.45) is 10.4 Å². The highest BCUT2D eigenvalue weighted by atomic mass is 16.3.